The number of nitro benzene ring substituents is 1. The van der Waals surface area contributed by atoms with Gasteiger partial charge in [0.1, 0.15) is 10.6 Å². The fourth-order valence-electron chi connectivity index (χ4n) is 2.91. The van der Waals surface area contributed by atoms with Crippen LogP contribution in [0.4, 0.5) is 11.4 Å². The van der Waals surface area contributed by atoms with Crippen LogP contribution in [0, 0.1) is 10.1 Å². The number of anilines is 1. The molecule has 0 amide bonds. The van der Waals surface area contributed by atoms with Crippen molar-refractivity contribution in [2.45, 2.75) is 17.4 Å². The van der Waals surface area contributed by atoms with Crippen LogP contribution in [-0.4, -0.2) is 33.0 Å². The van der Waals surface area contributed by atoms with Gasteiger partial charge in [-0.1, -0.05) is 18.2 Å². The molecule has 2 aromatic rings. The standard InChI is InChI=1S/C16H17N3O5S/c1-24-15-9-13(19(20)21)6-7-16(15)25(22,23)18-10-12(17)8-11-4-2-3-5-14(11)18/h2-7,9,12H,8,10,17H2,1H3. The minimum absolute atomic E-state index is 0.0779. The van der Waals surface area contributed by atoms with E-state index in [0.29, 0.717) is 12.1 Å². The van der Waals surface area contributed by atoms with Crippen LogP contribution in [0.3, 0.4) is 0 Å². The third-order valence-electron chi connectivity index (χ3n) is 4.07. The van der Waals surface area contributed by atoms with Crippen molar-refractivity contribution in [2.75, 3.05) is 18.0 Å². The fraction of sp³-hybridized carbons (Fsp3) is 0.250. The molecule has 0 radical (unpaired) electrons. The number of hydrogen-bond donors (Lipinski definition) is 1. The monoisotopic (exact) mass is 363 g/mol. The molecule has 0 spiro atoms. The van der Waals surface area contributed by atoms with Gasteiger partial charge in [-0.05, 0) is 24.1 Å². The van der Waals surface area contributed by atoms with Gasteiger partial charge < -0.3 is 10.5 Å². The molecule has 1 unspecified atom stereocenters. The summed E-state index contributed by atoms with van der Waals surface area (Å²) in [6.07, 6.45) is 0.583. The number of para-hydroxylation sites is 1. The largest absolute Gasteiger partial charge is 0.495 e. The van der Waals surface area contributed by atoms with Crippen molar-refractivity contribution in [1.29, 1.82) is 0 Å². The molecule has 3 rings (SSSR count). The van der Waals surface area contributed by atoms with Crippen LogP contribution < -0.4 is 14.8 Å². The number of nitrogens with two attached hydrogens (primary N) is 1. The predicted molar refractivity (Wildman–Crippen MR) is 92.3 cm³/mol. The molecule has 1 atom stereocenters. The summed E-state index contributed by atoms with van der Waals surface area (Å²) >= 11 is 0. The van der Waals surface area contributed by atoms with E-state index in [9.17, 15) is 18.5 Å². The number of fused-ring (bicyclic) bond motifs is 1. The number of hydrogen-bond acceptors (Lipinski definition) is 6. The molecule has 1 heterocycles. The first-order valence-electron chi connectivity index (χ1n) is 7.53. The van der Waals surface area contributed by atoms with Gasteiger partial charge in [-0.2, -0.15) is 0 Å². The summed E-state index contributed by atoms with van der Waals surface area (Å²) in [5, 5.41) is 10.9. The van der Waals surface area contributed by atoms with Gasteiger partial charge >= 0.3 is 0 Å². The second-order valence-electron chi connectivity index (χ2n) is 5.72. The molecule has 0 bridgehead atoms. The van der Waals surface area contributed by atoms with Gasteiger partial charge in [-0.15, -0.1) is 0 Å². The molecule has 25 heavy (non-hydrogen) atoms. The molecule has 0 aliphatic carbocycles. The maximum absolute atomic E-state index is 13.2. The molecule has 2 N–H and O–H groups in total. The van der Waals surface area contributed by atoms with Crippen LogP contribution in [0.5, 0.6) is 5.75 Å². The number of non-ortho nitro benzene ring substituents is 1. The molecule has 0 saturated heterocycles. The zero-order chi connectivity index (χ0) is 18.2. The van der Waals surface area contributed by atoms with Gasteiger partial charge in [0.2, 0.25) is 0 Å². The summed E-state index contributed by atoms with van der Waals surface area (Å²) in [5.41, 5.74) is 7.18. The Labute approximate surface area is 145 Å². The first kappa shape index (κ1) is 17.2. The second kappa shape index (κ2) is 6.34. The number of sulfonamides is 1. The average Bonchev–Trinajstić information content (AvgIpc) is 2.60. The van der Waals surface area contributed by atoms with Crippen molar-refractivity contribution in [3.63, 3.8) is 0 Å². The summed E-state index contributed by atoms with van der Waals surface area (Å²) < 4.78 is 32.7. The Hall–Kier alpha value is -2.65. The zero-order valence-electron chi connectivity index (χ0n) is 13.5. The number of nitrogens with zero attached hydrogens (tertiary/aromatic N) is 2. The molecule has 9 heteroatoms. The normalized spacial score (nSPS) is 17.0. The summed E-state index contributed by atoms with van der Waals surface area (Å²) in [5.74, 6) is -0.0779. The molecular formula is C16H17N3O5S. The van der Waals surface area contributed by atoms with Crippen molar-refractivity contribution in [3.8, 4) is 5.75 Å². The average molecular weight is 363 g/mol. The van der Waals surface area contributed by atoms with Gasteiger partial charge in [0.15, 0.2) is 0 Å². The van der Waals surface area contributed by atoms with Crippen molar-refractivity contribution in [3.05, 3.63) is 58.1 Å². The van der Waals surface area contributed by atoms with Gasteiger partial charge in [-0.3, -0.25) is 14.4 Å². The number of nitro groups is 1. The fourth-order valence-corrected chi connectivity index (χ4v) is 4.61. The predicted octanol–water partition coefficient (Wildman–Crippen LogP) is 1.68. The SMILES string of the molecule is COc1cc([N+](=O)[O-])ccc1S(=O)(=O)N1CC(N)Cc2ccccc21. The van der Waals surface area contributed by atoms with Gasteiger partial charge in [0, 0.05) is 18.7 Å². The number of ether oxygens (including phenoxy) is 1. The Kier molecular flexibility index (Phi) is 4.36. The summed E-state index contributed by atoms with van der Waals surface area (Å²) in [6.45, 7) is 0.124. The van der Waals surface area contributed by atoms with E-state index in [1.165, 1.54) is 17.5 Å². The van der Waals surface area contributed by atoms with Crippen LogP contribution in [0.25, 0.3) is 0 Å². The molecule has 0 saturated carbocycles. The van der Waals surface area contributed by atoms with Crippen LogP contribution >= 0.6 is 0 Å². The topological polar surface area (TPSA) is 116 Å². The van der Waals surface area contributed by atoms with E-state index in [1.54, 1.807) is 12.1 Å². The van der Waals surface area contributed by atoms with Crippen molar-refractivity contribution < 1.29 is 18.1 Å². The molecule has 1 aliphatic rings. The Balaban J connectivity index is 2.13. The van der Waals surface area contributed by atoms with Gasteiger partial charge in [-0.25, -0.2) is 8.42 Å². The van der Waals surface area contributed by atoms with E-state index in [0.717, 1.165) is 17.7 Å². The highest BCUT2D eigenvalue weighted by Gasteiger charge is 2.34. The molecule has 132 valence electrons. The molecule has 1 aliphatic heterocycles. The van der Waals surface area contributed by atoms with Crippen LogP contribution in [0.2, 0.25) is 0 Å². The molecule has 0 fully saturated rings. The lowest BCUT2D eigenvalue weighted by Gasteiger charge is -2.33. The van der Waals surface area contributed by atoms with E-state index in [1.807, 2.05) is 12.1 Å². The van der Waals surface area contributed by atoms with E-state index in [2.05, 4.69) is 0 Å². The highest BCUT2D eigenvalue weighted by molar-refractivity contribution is 7.93. The molecule has 8 nitrogen and oxygen atoms in total. The highest BCUT2D eigenvalue weighted by atomic mass is 32.2. The summed E-state index contributed by atoms with van der Waals surface area (Å²) in [4.78, 5) is 10.2. The molecular weight excluding hydrogens is 346 g/mol. The Morgan fingerprint density at radius 2 is 2.00 bits per heavy atom. The summed E-state index contributed by atoms with van der Waals surface area (Å²) in [7, 11) is -2.72. The first-order valence-corrected chi connectivity index (χ1v) is 8.97. The number of rotatable bonds is 4. The smallest absolute Gasteiger partial charge is 0.273 e. The lowest BCUT2D eigenvalue weighted by Crippen LogP contribution is -2.46. The Bertz CT molecular complexity index is 929. The highest BCUT2D eigenvalue weighted by Crippen LogP contribution is 2.36. The van der Waals surface area contributed by atoms with Crippen molar-refractivity contribution >= 4 is 21.4 Å². The second-order valence-corrected chi connectivity index (χ2v) is 7.55. The van der Waals surface area contributed by atoms with E-state index in [-0.39, 0.29) is 28.9 Å². The number of methoxy groups -OCH3 is 1. The van der Waals surface area contributed by atoms with E-state index in [4.69, 9.17) is 10.5 Å². The maximum atomic E-state index is 13.2. The Morgan fingerprint density at radius 1 is 1.28 bits per heavy atom. The van der Waals surface area contributed by atoms with Crippen molar-refractivity contribution in [1.82, 2.24) is 0 Å². The Morgan fingerprint density at radius 3 is 2.68 bits per heavy atom. The van der Waals surface area contributed by atoms with Crippen LogP contribution in [0.15, 0.2) is 47.4 Å². The van der Waals surface area contributed by atoms with Gasteiger partial charge in [0.25, 0.3) is 15.7 Å². The quantitative estimate of drug-likeness (QED) is 0.653. The first-order chi connectivity index (χ1) is 11.8. The van der Waals surface area contributed by atoms with Gasteiger partial charge in [0.05, 0.1) is 23.8 Å². The maximum Gasteiger partial charge on any atom is 0.273 e. The van der Waals surface area contributed by atoms with Crippen molar-refractivity contribution in [2.24, 2.45) is 5.73 Å². The third-order valence-corrected chi connectivity index (χ3v) is 5.89. The summed E-state index contributed by atoms with van der Waals surface area (Å²) in [6, 6.07) is 10.2. The van der Waals surface area contributed by atoms with Crippen LogP contribution in [-0.2, 0) is 16.4 Å². The van der Waals surface area contributed by atoms with Crippen LogP contribution in [0.1, 0.15) is 5.56 Å². The molecule has 2 aromatic carbocycles. The number of benzene rings is 2. The van der Waals surface area contributed by atoms with E-state index < -0.39 is 14.9 Å². The lowest BCUT2D eigenvalue weighted by molar-refractivity contribution is -0.385. The lowest BCUT2D eigenvalue weighted by atomic mass is 10.0. The minimum atomic E-state index is -3.99. The van der Waals surface area contributed by atoms with E-state index >= 15 is 0 Å². The third kappa shape index (κ3) is 3.03. The molecule has 0 aromatic heterocycles. The zero-order valence-corrected chi connectivity index (χ0v) is 14.3. The minimum Gasteiger partial charge on any atom is -0.495 e.